The van der Waals surface area contributed by atoms with Crippen LogP contribution in [0.5, 0.6) is 5.75 Å². The third-order valence-electron chi connectivity index (χ3n) is 3.84. The van der Waals surface area contributed by atoms with E-state index in [1.807, 2.05) is 30.3 Å². The first-order valence-electron chi connectivity index (χ1n) is 7.83. The number of rotatable bonds is 7. The first-order chi connectivity index (χ1) is 11.6. The van der Waals surface area contributed by atoms with E-state index >= 15 is 0 Å². The number of benzene rings is 1. The second-order valence-electron chi connectivity index (χ2n) is 5.58. The van der Waals surface area contributed by atoms with Gasteiger partial charge in [0.1, 0.15) is 5.75 Å². The minimum atomic E-state index is -0.487. The fraction of sp³-hybridized carbons (Fsp3) is 0.222. The van der Waals surface area contributed by atoms with Crippen molar-refractivity contribution in [3.05, 3.63) is 66.2 Å². The molecule has 0 saturated carbocycles. The molecule has 6 nitrogen and oxygen atoms in total. The third kappa shape index (κ3) is 3.65. The second-order valence-corrected chi connectivity index (χ2v) is 5.58. The highest BCUT2D eigenvalue weighted by molar-refractivity contribution is 5.92. The van der Waals surface area contributed by atoms with E-state index in [1.165, 1.54) is 11.9 Å². The number of primary amides is 1. The van der Waals surface area contributed by atoms with Crippen molar-refractivity contribution in [2.45, 2.75) is 19.9 Å². The number of hydrogen-bond donors (Lipinski definition) is 1. The van der Waals surface area contributed by atoms with Gasteiger partial charge < -0.3 is 15.0 Å². The number of aromatic nitrogens is 3. The molecule has 0 aliphatic heterocycles. The van der Waals surface area contributed by atoms with Crippen LogP contribution in [0.1, 0.15) is 22.5 Å². The lowest BCUT2D eigenvalue weighted by Crippen LogP contribution is -2.09. The van der Waals surface area contributed by atoms with E-state index in [0.29, 0.717) is 12.2 Å². The molecule has 1 amide bonds. The average molecular weight is 324 g/mol. The molecule has 3 rings (SSSR count). The van der Waals surface area contributed by atoms with Crippen LogP contribution in [-0.2, 0) is 6.54 Å². The average Bonchev–Trinajstić information content (AvgIpc) is 3.22. The van der Waals surface area contributed by atoms with Gasteiger partial charge in [-0.2, -0.15) is 5.10 Å². The maximum absolute atomic E-state index is 11.1. The predicted molar refractivity (Wildman–Crippen MR) is 91.4 cm³/mol. The van der Waals surface area contributed by atoms with Gasteiger partial charge in [-0.15, -0.1) is 0 Å². The van der Waals surface area contributed by atoms with Crippen LogP contribution >= 0.6 is 0 Å². The van der Waals surface area contributed by atoms with Crippen molar-refractivity contribution >= 4 is 5.91 Å². The van der Waals surface area contributed by atoms with Crippen LogP contribution < -0.4 is 10.5 Å². The number of ether oxygens (including phenoxy) is 1. The highest BCUT2D eigenvalue weighted by Crippen LogP contribution is 2.15. The standard InChI is InChI=1S/C18H20N4O2/c1-14-4-2-9-21(14)10-3-11-24-17-7-5-16(6-8-17)22-13-15(12-20-22)18(19)23/h2,4-9,12-13H,3,10-11H2,1H3,(H2,19,23). The molecule has 0 saturated heterocycles. The van der Waals surface area contributed by atoms with Crippen molar-refractivity contribution in [3.63, 3.8) is 0 Å². The van der Waals surface area contributed by atoms with Crippen LogP contribution in [0.3, 0.4) is 0 Å². The van der Waals surface area contributed by atoms with Crippen LogP contribution in [0, 0.1) is 6.92 Å². The molecule has 1 aromatic carbocycles. The van der Waals surface area contributed by atoms with E-state index in [9.17, 15) is 4.79 Å². The number of aryl methyl sites for hydroxylation is 2. The highest BCUT2D eigenvalue weighted by Gasteiger charge is 2.05. The summed E-state index contributed by atoms with van der Waals surface area (Å²) in [6.07, 6.45) is 6.08. The van der Waals surface area contributed by atoms with Gasteiger partial charge in [0.15, 0.2) is 0 Å². The SMILES string of the molecule is Cc1cccn1CCCOc1ccc(-n2cc(C(N)=O)cn2)cc1. The van der Waals surface area contributed by atoms with Gasteiger partial charge in [-0.05, 0) is 49.7 Å². The van der Waals surface area contributed by atoms with Crippen molar-refractivity contribution in [3.8, 4) is 11.4 Å². The zero-order valence-electron chi connectivity index (χ0n) is 13.6. The summed E-state index contributed by atoms with van der Waals surface area (Å²) in [5.74, 6) is 0.324. The molecule has 0 radical (unpaired) electrons. The van der Waals surface area contributed by atoms with Gasteiger partial charge in [-0.25, -0.2) is 4.68 Å². The number of nitrogens with two attached hydrogens (primary N) is 1. The molecular formula is C18H20N4O2. The van der Waals surface area contributed by atoms with Gasteiger partial charge >= 0.3 is 0 Å². The molecule has 0 atom stereocenters. The summed E-state index contributed by atoms with van der Waals surface area (Å²) in [7, 11) is 0. The Bertz CT molecular complexity index is 818. The van der Waals surface area contributed by atoms with E-state index in [0.717, 1.165) is 24.4 Å². The lowest BCUT2D eigenvalue weighted by Gasteiger charge is -2.09. The molecule has 2 heterocycles. The maximum atomic E-state index is 11.1. The molecule has 124 valence electrons. The minimum absolute atomic E-state index is 0.385. The normalized spacial score (nSPS) is 10.7. The van der Waals surface area contributed by atoms with Gasteiger partial charge in [-0.3, -0.25) is 4.79 Å². The van der Waals surface area contributed by atoms with Crippen molar-refractivity contribution in [1.82, 2.24) is 14.3 Å². The summed E-state index contributed by atoms with van der Waals surface area (Å²) in [5.41, 5.74) is 7.72. The lowest BCUT2D eigenvalue weighted by atomic mass is 10.3. The first kappa shape index (κ1) is 15.9. The Labute approximate surface area is 140 Å². The Morgan fingerprint density at radius 2 is 2.04 bits per heavy atom. The Morgan fingerprint density at radius 3 is 2.67 bits per heavy atom. The van der Waals surface area contributed by atoms with Crippen molar-refractivity contribution in [2.24, 2.45) is 5.73 Å². The molecule has 2 aromatic heterocycles. The predicted octanol–water partition coefficient (Wildman–Crippen LogP) is 2.55. The molecule has 0 bridgehead atoms. The zero-order chi connectivity index (χ0) is 16.9. The number of carbonyl (C=O) groups excluding carboxylic acids is 1. The first-order valence-corrected chi connectivity index (χ1v) is 7.83. The van der Waals surface area contributed by atoms with Crippen LogP contribution in [0.2, 0.25) is 0 Å². The molecule has 2 N–H and O–H groups in total. The quantitative estimate of drug-likeness (QED) is 0.679. The summed E-state index contributed by atoms with van der Waals surface area (Å²) in [5, 5.41) is 4.12. The highest BCUT2D eigenvalue weighted by atomic mass is 16.5. The zero-order valence-corrected chi connectivity index (χ0v) is 13.6. The van der Waals surface area contributed by atoms with E-state index in [2.05, 4.69) is 28.9 Å². The number of carbonyl (C=O) groups is 1. The minimum Gasteiger partial charge on any atom is -0.494 e. The topological polar surface area (TPSA) is 75.1 Å². The van der Waals surface area contributed by atoms with E-state index < -0.39 is 5.91 Å². The molecule has 24 heavy (non-hydrogen) atoms. The van der Waals surface area contributed by atoms with Crippen molar-refractivity contribution in [2.75, 3.05) is 6.61 Å². The summed E-state index contributed by atoms with van der Waals surface area (Å²) in [6.45, 7) is 3.70. The van der Waals surface area contributed by atoms with E-state index in [1.54, 1.807) is 10.9 Å². The summed E-state index contributed by atoms with van der Waals surface area (Å²) < 4.78 is 9.58. The number of nitrogens with zero attached hydrogens (tertiary/aromatic N) is 3. The maximum Gasteiger partial charge on any atom is 0.251 e. The van der Waals surface area contributed by atoms with Crippen LogP contribution in [0.4, 0.5) is 0 Å². The largest absolute Gasteiger partial charge is 0.494 e. The Kier molecular flexibility index (Phi) is 4.65. The fourth-order valence-corrected chi connectivity index (χ4v) is 2.46. The monoisotopic (exact) mass is 324 g/mol. The Balaban J connectivity index is 1.52. The molecule has 0 aliphatic rings. The summed E-state index contributed by atoms with van der Waals surface area (Å²) >= 11 is 0. The molecule has 3 aromatic rings. The molecule has 0 fully saturated rings. The van der Waals surface area contributed by atoms with Gasteiger partial charge in [0.05, 0.1) is 24.1 Å². The van der Waals surface area contributed by atoms with Crippen LogP contribution in [0.25, 0.3) is 5.69 Å². The van der Waals surface area contributed by atoms with E-state index in [-0.39, 0.29) is 0 Å². The van der Waals surface area contributed by atoms with Gasteiger partial charge in [0.2, 0.25) is 0 Å². The third-order valence-corrected chi connectivity index (χ3v) is 3.84. The molecule has 0 unspecified atom stereocenters. The lowest BCUT2D eigenvalue weighted by molar-refractivity contribution is 0.100. The summed E-state index contributed by atoms with van der Waals surface area (Å²) in [4.78, 5) is 11.1. The fourth-order valence-electron chi connectivity index (χ4n) is 2.46. The molecule has 0 aliphatic carbocycles. The molecule has 0 spiro atoms. The van der Waals surface area contributed by atoms with Gasteiger partial charge in [0.25, 0.3) is 5.91 Å². The molecule has 6 heteroatoms. The van der Waals surface area contributed by atoms with Crippen molar-refractivity contribution < 1.29 is 9.53 Å². The van der Waals surface area contributed by atoms with Crippen molar-refractivity contribution in [1.29, 1.82) is 0 Å². The number of amides is 1. The second kappa shape index (κ2) is 7.04. The Hall–Kier alpha value is -3.02. The van der Waals surface area contributed by atoms with Crippen LogP contribution in [-0.4, -0.2) is 26.9 Å². The molecular weight excluding hydrogens is 304 g/mol. The van der Waals surface area contributed by atoms with Gasteiger partial charge in [0, 0.05) is 24.6 Å². The van der Waals surface area contributed by atoms with E-state index in [4.69, 9.17) is 10.5 Å². The summed E-state index contributed by atoms with van der Waals surface area (Å²) in [6, 6.07) is 11.7. The van der Waals surface area contributed by atoms with Crippen LogP contribution in [0.15, 0.2) is 55.0 Å². The van der Waals surface area contributed by atoms with Gasteiger partial charge in [-0.1, -0.05) is 0 Å². The Morgan fingerprint density at radius 1 is 1.25 bits per heavy atom. The number of hydrogen-bond acceptors (Lipinski definition) is 3. The smallest absolute Gasteiger partial charge is 0.251 e.